The van der Waals surface area contributed by atoms with E-state index in [9.17, 15) is 14.7 Å². The fourth-order valence-corrected chi connectivity index (χ4v) is 5.84. The van der Waals surface area contributed by atoms with Crippen LogP contribution in [0.1, 0.15) is 23.5 Å². The van der Waals surface area contributed by atoms with Gasteiger partial charge in [0.05, 0.1) is 24.1 Å². The first-order chi connectivity index (χ1) is 16.9. The Hall–Kier alpha value is -3.83. The molecular weight excluding hydrogens is 462 g/mol. The van der Waals surface area contributed by atoms with Crippen molar-refractivity contribution < 1.29 is 19.4 Å². The Morgan fingerprint density at radius 3 is 2.54 bits per heavy atom. The Labute approximate surface area is 208 Å². The van der Waals surface area contributed by atoms with Crippen LogP contribution in [0.15, 0.2) is 97.1 Å². The number of anilines is 1. The first kappa shape index (κ1) is 22.9. The third-order valence-electron chi connectivity index (χ3n) is 7.08. The Kier molecular flexibility index (Phi) is 5.73. The number of hydrogen-bond acceptors (Lipinski definition) is 4. The standard InChI is InChI=1S/C29H24ClNO4/c1-3-18-12-15-24-27(33)31(21-11-7-10-20(30)16-21)28(34)29(24,19-8-5-4-6-9-19)26(18)23-14-13-22(32)17-25(23)35-2/h3-14,16-17,24,26,32H,1,15H2,2H3. The van der Waals surface area contributed by atoms with Crippen LogP contribution in [-0.4, -0.2) is 24.0 Å². The minimum absolute atomic E-state index is 0.0465. The summed E-state index contributed by atoms with van der Waals surface area (Å²) in [5, 5.41) is 10.6. The van der Waals surface area contributed by atoms with E-state index in [1.54, 1.807) is 42.5 Å². The lowest BCUT2D eigenvalue weighted by Crippen LogP contribution is -2.48. The van der Waals surface area contributed by atoms with Gasteiger partial charge in [-0.3, -0.25) is 9.59 Å². The summed E-state index contributed by atoms with van der Waals surface area (Å²) in [5.74, 6) is -1.34. The van der Waals surface area contributed by atoms with Gasteiger partial charge in [-0.15, -0.1) is 0 Å². The highest BCUT2D eigenvalue weighted by molar-refractivity contribution is 6.32. The number of amides is 2. The molecule has 3 aromatic carbocycles. The lowest BCUT2D eigenvalue weighted by Gasteiger charge is -2.43. The van der Waals surface area contributed by atoms with Gasteiger partial charge in [0.1, 0.15) is 11.5 Å². The molecule has 3 atom stereocenters. The number of fused-ring (bicyclic) bond motifs is 1. The second kappa shape index (κ2) is 8.75. The fraction of sp³-hybridized carbons (Fsp3) is 0.172. The molecule has 3 aromatic rings. The number of ether oxygens (including phenoxy) is 1. The molecule has 1 aliphatic carbocycles. The van der Waals surface area contributed by atoms with Crippen molar-refractivity contribution in [3.8, 4) is 11.5 Å². The maximum atomic E-state index is 14.6. The average molecular weight is 486 g/mol. The van der Waals surface area contributed by atoms with E-state index in [2.05, 4.69) is 6.58 Å². The number of carbonyl (C=O) groups excluding carboxylic acids is 2. The van der Waals surface area contributed by atoms with Crippen LogP contribution in [0.4, 0.5) is 5.69 Å². The van der Waals surface area contributed by atoms with Crippen LogP contribution < -0.4 is 9.64 Å². The molecule has 1 N–H and O–H groups in total. The molecule has 6 heteroatoms. The summed E-state index contributed by atoms with van der Waals surface area (Å²) in [6.07, 6.45) is 4.09. The normalized spacial score (nSPS) is 23.6. The summed E-state index contributed by atoms with van der Waals surface area (Å²) < 4.78 is 5.64. The summed E-state index contributed by atoms with van der Waals surface area (Å²) in [6.45, 7) is 4.02. The molecule has 0 saturated carbocycles. The Morgan fingerprint density at radius 2 is 1.86 bits per heavy atom. The van der Waals surface area contributed by atoms with E-state index >= 15 is 0 Å². The van der Waals surface area contributed by atoms with Crippen molar-refractivity contribution in [1.82, 2.24) is 0 Å². The third-order valence-corrected chi connectivity index (χ3v) is 7.32. The Balaban J connectivity index is 1.83. The van der Waals surface area contributed by atoms with Crippen molar-refractivity contribution in [3.63, 3.8) is 0 Å². The zero-order valence-corrected chi connectivity index (χ0v) is 19.9. The lowest BCUT2D eigenvalue weighted by molar-refractivity contribution is -0.123. The molecule has 0 radical (unpaired) electrons. The van der Waals surface area contributed by atoms with Gasteiger partial charge in [-0.1, -0.05) is 72.8 Å². The number of rotatable bonds is 5. The number of benzene rings is 3. The van der Waals surface area contributed by atoms with Crippen LogP contribution in [0, 0.1) is 5.92 Å². The predicted molar refractivity (Wildman–Crippen MR) is 136 cm³/mol. The quantitative estimate of drug-likeness (QED) is 0.465. The van der Waals surface area contributed by atoms with E-state index in [1.807, 2.05) is 36.4 Å². The number of methoxy groups -OCH3 is 1. The van der Waals surface area contributed by atoms with Crippen molar-refractivity contribution in [2.24, 2.45) is 5.92 Å². The number of imide groups is 1. The molecule has 35 heavy (non-hydrogen) atoms. The molecule has 176 valence electrons. The minimum atomic E-state index is -1.25. The summed E-state index contributed by atoms with van der Waals surface area (Å²) in [4.78, 5) is 29.8. The largest absolute Gasteiger partial charge is 0.508 e. The topological polar surface area (TPSA) is 66.8 Å². The highest BCUT2D eigenvalue weighted by atomic mass is 35.5. The molecule has 0 aromatic heterocycles. The number of allylic oxidation sites excluding steroid dienone is 3. The van der Waals surface area contributed by atoms with Crippen LogP contribution in [0.3, 0.4) is 0 Å². The number of carbonyl (C=O) groups is 2. The molecule has 2 aliphatic rings. The molecule has 3 unspecified atom stereocenters. The van der Waals surface area contributed by atoms with E-state index in [0.29, 0.717) is 28.4 Å². The van der Waals surface area contributed by atoms with E-state index in [-0.39, 0.29) is 17.6 Å². The van der Waals surface area contributed by atoms with Gasteiger partial charge in [0.25, 0.3) is 0 Å². The van der Waals surface area contributed by atoms with Gasteiger partial charge in [-0.2, -0.15) is 0 Å². The van der Waals surface area contributed by atoms with Crippen molar-refractivity contribution in [2.75, 3.05) is 12.0 Å². The Bertz CT molecular complexity index is 1370. The molecule has 1 fully saturated rings. The molecular formula is C29H24ClNO4. The first-order valence-electron chi connectivity index (χ1n) is 11.3. The zero-order chi connectivity index (χ0) is 24.7. The van der Waals surface area contributed by atoms with Gasteiger partial charge in [0, 0.05) is 22.6 Å². The second-order valence-corrected chi connectivity index (χ2v) is 9.19. The van der Waals surface area contributed by atoms with Crippen molar-refractivity contribution in [2.45, 2.75) is 17.8 Å². The van der Waals surface area contributed by atoms with Crippen molar-refractivity contribution in [1.29, 1.82) is 0 Å². The van der Waals surface area contributed by atoms with Crippen LogP contribution in [0.25, 0.3) is 0 Å². The monoisotopic (exact) mass is 485 g/mol. The molecule has 0 bridgehead atoms. The molecule has 0 spiro atoms. The summed E-state index contributed by atoms with van der Waals surface area (Å²) in [5.41, 5.74) is 1.44. The van der Waals surface area contributed by atoms with Gasteiger partial charge >= 0.3 is 0 Å². The van der Waals surface area contributed by atoms with E-state index in [4.69, 9.17) is 16.3 Å². The molecule has 1 heterocycles. The van der Waals surface area contributed by atoms with Gasteiger partial charge < -0.3 is 9.84 Å². The maximum absolute atomic E-state index is 14.6. The fourth-order valence-electron chi connectivity index (χ4n) is 5.66. The summed E-state index contributed by atoms with van der Waals surface area (Å²) >= 11 is 6.23. The van der Waals surface area contributed by atoms with Crippen molar-refractivity contribution in [3.05, 3.63) is 113 Å². The lowest BCUT2D eigenvalue weighted by atomic mass is 9.56. The number of aromatic hydroxyl groups is 1. The summed E-state index contributed by atoms with van der Waals surface area (Å²) in [6, 6.07) is 21.0. The highest BCUT2D eigenvalue weighted by Gasteiger charge is 2.66. The maximum Gasteiger partial charge on any atom is 0.246 e. The first-order valence-corrected chi connectivity index (χ1v) is 11.7. The molecule has 5 nitrogen and oxygen atoms in total. The number of phenols is 1. The third kappa shape index (κ3) is 3.38. The number of phenolic OH excluding ortho intramolecular Hbond substituents is 1. The zero-order valence-electron chi connectivity index (χ0n) is 19.1. The number of nitrogens with zero attached hydrogens (tertiary/aromatic N) is 1. The smallest absolute Gasteiger partial charge is 0.246 e. The molecule has 5 rings (SSSR count). The highest BCUT2D eigenvalue weighted by Crippen LogP contribution is 2.59. The molecule has 1 aliphatic heterocycles. The molecule has 2 amide bonds. The van der Waals surface area contributed by atoms with Gasteiger partial charge in [-0.05, 0) is 41.8 Å². The minimum Gasteiger partial charge on any atom is -0.508 e. The van der Waals surface area contributed by atoms with Crippen LogP contribution >= 0.6 is 11.6 Å². The number of halogens is 1. The predicted octanol–water partition coefficient (Wildman–Crippen LogP) is 5.78. The van der Waals surface area contributed by atoms with Gasteiger partial charge in [-0.25, -0.2) is 4.90 Å². The van der Waals surface area contributed by atoms with Crippen LogP contribution in [0.5, 0.6) is 11.5 Å². The van der Waals surface area contributed by atoms with E-state index < -0.39 is 17.3 Å². The Morgan fingerprint density at radius 1 is 1.09 bits per heavy atom. The summed E-state index contributed by atoms with van der Waals surface area (Å²) in [7, 11) is 1.52. The molecule has 1 saturated heterocycles. The number of hydrogen-bond donors (Lipinski definition) is 1. The van der Waals surface area contributed by atoms with Gasteiger partial charge in [0.2, 0.25) is 11.8 Å². The van der Waals surface area contributed by atoms with E-state index in [0.717, 1.165) is 11.1 Å². The average Bonchev–Trinajstić information content (AvgIpc) is 3.11. The second-order valence-electron chi connectivity index (χ2n) is 8.75. The SMILES string of the molecule is C=CC1=CCC2C(=O)N(c3cccc(Cl)c3)C(=O)C2(c2ccccc2)C1c1ccc(O)cc1OC. The van der Waals surface area contributed by atoms with Gasteiger partial charge in [0.15, 0.2) is 0 Å². The van der Waals surface area contributed by atoms with Crippen molar-refractivity contribution >= 4 is 29.1 Å². The van der Waals surface area contributed by atoms with Crippen LogP contribution in [0.2, 0.25) is 5.02 Å². The van der Waals surface area contributed by atoms with E-state index in [1.165, 1.54) is 18.1 Å². The van der Waals surface area contributed by atoms with Crippen LogP contribution in [-0.2, 0) is 15.0 Å².